The minimum Gasteiger partial charge on any atom is -0.464 e. The van der Waals surface area contributed by atoms with Crippen LogP contribution in [0.5, 0.6) is 0 Å². The van der Waals surface area contributed by atoms with Crippen molar-refractivity contribution in [2.24, 2.45) is 5.10 Å². The molecule has 0 amide bonds. The summed E-state index contributed by atoms with van der Waals surface area (Å²) < 4.78 is 5.00. The summed E-state index contributed by atoms with van der Waals surface area (Å²) in [5.41, 5.74) is 3.36. The molecule has 0 aliphatic heterocycles. The van der Waals surface area contributed by atoms with E-state index in [0.29, 0.717) is 11.5 Å². The number of rotatable bonds is 8. The molecule has 138 valence electrons. The van der Waals surface area contributed by atoms with Gasteiger partial charge in [-0.2, -0.15) is 10.4 Å². The van der Waals surface area contributed by atoms with Gasteiger partial charge in [0.15, 0.2) is 17.0 Å². The van der Waals surface area contributed by atoms with Gasteiger partial charge in [-0.1, -0.05) is 17.7 Å². The Bertz CT molecular complexity index is 848. The number of carbonyl (C=O) groups excluding carboxylic acids is 1. The molecule has 0 saturated carbocycles. The summed E-state index contributed by atoms with van der Waals surface area (Å²) in [6.45, 7) is 1.90. The highest BCUT2D eigenvalue weighted by molar-refractivity contribution is 6.29. The topological polar surface area (TPSA) is 125 Å². The van der Waals surface area contributed by atoms with Gasteiger partial charge in [-0.15, -0.1) is 10.2 Å². The number of hydrogen-bond donors (Lipinski definition) is 2. The lowest BCUT2D eigenvalue weighted by atomic mass is 10.2. The van der Waals surface area contributed by atoms with Gasteiger partial charge in [-0.25, -0.2) is 4.79 Å². The van der Waals surface area contributed by atoms with Crippen molar-refractivity contribution in [1.29, 1.82) is 5.26 Å². The van der Waals surface area contributed by atoms with Crippen molar-refractivity contribution in [2.45, 2.75) is 13.0 Å². The maximum atomic E-state index is 12.1. The highest BCUT2D eigenvalue weighted by Gasteiger charge is 2.16. The quantitative estimate of drug-likeness (QED) is 0.306. The van der Waals surface area contributed by atoms with Gasteiger partial charge in [0.05, 0.1) is 24.1 Å². The maximum Gasteiger partial charge on any atom is 0.334 e. The van der Waals surface area contributed by atoms with Crippen molar-refractivity contribution in [2.75, 3.05) is 12.0 Å². The Morgan fingerprint density at radius 2 is 2.26 bits per heavy atom. The number of nitrogens with one attached hydrogen (secondary N) is 2. The molecule has 9 nitrogen and oxygen atoms in total. The first kappa shape index (κ1) is 19.8. The van der Waals surface area contributed by atoms with Crippen LogP contribution in [0.3, 0.4) is 0 Å². The molecule has 0 aliphatic rings. The number of hydrazone groups is 1. The number of nitrogens with zero attached hydrogens (tertiary/aromatic N) is 5. The summed E-state index contributed by atoms with van der Waals surface area (Å²) in [7, 11) is 0. The molecule has 0 aliphatic carbocycles. The smallest absolute Gasteiger partial charge is 0.334 e. The molecule has 0 saturated heterocycles. The first-order valence-electron chi connectivity index (χ1n) is 7.86. The molecule has 0 aromatic carbocycles. The standard InChI is InChI=1S/C17H16ClN7O2/c1-2-27-17(26)14(11-22-24-16-7-6-15(18)23-25-16)21-10-12(9-19)13-5-3-4-8-20-13/h3-8,10-11,14,21H,2H2,1H3,(H,24,25)/b12-10-,22-11+. The van der Waals surface area contributed by atoms with Crippen LogP contribution >= 0.6 is 11.6 Å². The molecule has 0 bridgehead atoms. The number of hydrogen-bond acceptors (Lipinski definition) is 9. The average molecular weight is 386 g/mol. The zero-order chi connectivity index (χ0) is 19.5. The number of anilines is 1. The van der Waals surface area contributed by atoms with Crippen LogP contribution in [0.1, 0.15) is 12.6 Å². The van der Waals surface area contributed by atoms with E-state index in [2.05, 4.69) is 31.0 Å². The van der Waals surface area contributed by atoms with E-state index in [-0.39, 0.29) is 17.3 Å². The van der Waals surface area contributed by atoms with E-state index < -0.39 is 12.0 Å². The molecule has 1 unspecified atom stereocenters. The fourth-order valence-electron chi connectivity index (χ4n) is 1.82. The Morgan fingerprint density at radius 3 is 2.89 bits per heavy atom. The van der Waals surface area contributed by atoms with Crippen molar-refractivity contribution in [3.05, 3.63) is 53.6 Å². The van der Waals surface area contributed by atoms with Crippen LogP contribution in [0, 0.1) is 11.3 Å². The van der Waals surface area contributed by atoms with E-state index >= 15 is 0 Å². The second-order valence-corrected chi connectivity index (χ2v) is 5.30. The van der Waals surface area contributed by atoms with E-state index in [1.165, 1.54) is 12.4 Å². The van der Waals surface area contributed by atoms with E-state index in [1.807, 2.05) is 6.07 Å². The third-order valence-electron chi connectivity index (χ3n) is 3.04. The van der Waals surface area contributed by atoms with Crippen molar-refractivity contribution in [3.8, 4) is 6.07 Å². The van der Waals surface area contributed by atoms with Crippen LogP contribution in [-0.2, 0) is 9.53 Å². The number of pyridine rings is 1. The molecule has 10 heteroatoms. The third kappa shape index (κ3) is 6.37. The number of esters is 1. The fraction of sp³-hybridized carbons (Fsp3) is 0.176. The molecule has 2 rings (SSSR count). The molecular weight excluding hydrogens is 370 g/mol. The first-order valence-corrected chi connectivity index (χ1v) is 8.24. The van der Waals surface area contributed by atoms with E-state index in [9.17, 15) is 10.1 Å². The SMILES string of the molecule is CCOC(=O)C(/C=N/Nc1ccc(Cl)nn1)N/C=C(/C#N)c1ccccn1. The first-order chi connectivity index (χ1) is 13.1. The number of aromatic nitrogens is 3. The Balaban J connectivity index is 2.10. The van der Waals surface area contributed by atoms with Crippen LogP contribution < -0.4 is 10.7 Å². The van der Waals surface area contributed by atoms with Gasteiger partial charge in [0.2, 0.25) is 0 Å². The second-order valence-electron chi connectivity index (χ2n) is 4.91. The highest BCUT2D eigenvalue weighted by Crippen LogP contribution is 2.09. The van der Waals surface area contributed by atoms with E-state index in [0.717, 1.165) is 0 Å². The zero-order valence-electron chi connectivity index (χ0n) is 14.3. The number of carbonyl (C=O) groups is 1. The minimum absolute atomic E-state index is 0.204. The number of halogens is 1. The molecule has 0 spiro atoms. The molecule has 2 heterocycles. The summed E-state index contributed by atoms with van der Waals surface area (Å²) in [6, 6.07) is 9.41. The Kier molecular flexibility index (Phi) is 7.68. The second kappa shape index (κ2) is 10.5. The monoisotopic (exact) mass is 385 g/mol. The van der Waals surface area contributed by atoms with Gasteiger partial charge < -0.3 is 10.1 Å². The van der Waals surface area contributed by atoms with Crippen LogP contribution in [0.15, 0.2) is 47.8 Å². The van der Waals surface area contributed by atoms with E-state index in [1.54, 1.807) is 43.5 Å². The van der Waals surface area contributed by atoms with Crippen molar-refractivity contribution in [1.82, 2.24) is 20.5 Å². The molecule has 0 fully saturated rings. The van der Waals surface area contributed by atoms with Gasteiger partial charge in [-0.05, 0) is 31.2 Å². The van der Waals surface area contributed by atoms with Gasteiger partial charge in [0.25, 0.3) is 0 Å². The number of ether oxygens (including phenoxy) is 1. The van der Waals surface area contributed by atoms with Crippen molar-refractivity contribution in [3.63, 3.8) is 0 Å². The van der Waals surface area contributed by atoms with Gasteiger partial charge in [0.1, 0.15) is 6.07 Å². The lowest BCUT2D eigenvalue weighted by molar-refractivity contribution is -0.143. The molecule has 27 heavy (non-hydrogen) atoms. The Morgan fingerprint density at radius 1 is 1.41 bits per heavy atom. The summed E-state index contributed by atoms with van der Waals surface area (Å²) in [4.78, 5) is 16.2. The van der Waals surface area contributed by atoms with Crippen molar-refractivity contribution >= 4 is 35.2 Å². The lowest BCUT2D eigenvalue weighted by Crippen LogP contribution is -2.36. The van der Waals surface area contributed by atoms with Crippen molar-refractivity contribution < 1.29 is 9.53 Å². The zero-order valence-corrected chi connectivity index (χ0v) is 15.1. The summed E-state index contributed by atoms with van der Waals surface area (Å²) in [5.74, 6) is -0.209. The molecular formula is C17H16ClN7O2. The van der Waals surface area contributed by atoms with Gasteiger partial charge in [-0.3, -0.25) is 10.4 Å². The van der Waals surface area contributed by atoms with Crippen LogP contribution in [0.4, 0.5) is 5.82 Å². The molecule has 2 aromatic rings. The predicted octanol–water partition coefficient (Wildman–Crippen LogP) is 2.01. The highest BCUT2D eigenvalue weighted by atomic mass is 35.5. The third-order valence-corrected chi connectivity index (χ3v) is 3.25. The van der Waals surface area contributed by atoms with Gasteiger partial charge >= 0.3 is 5.97 Å². The van der Waals surface area contributed by atoms with Gasteiger partial charge in [0, 0.05) is 12.4 Å². The van der Waals surface area contributed by atoms with E-state index in [4.69, 9.17) is 16.3 Å². The van der Waals surface area contributed by atoms with Crippen LogP contribution in [-0.4, -0.2) is 40.0 Å². The summed E-state index contributed by atoms with van der Waals surface area (Å²) in [6.07, 6.45) is 4.25. The number of nitriles is 1. The molecule has 1 atom stereocenters. The predicted molar refractivity (Wildman–Crippen MR) is 101 cm³/mol. The van der Waals surface area contributed by atoms with Crippen LogP contribution in [0.25, 0.3) is 5.57 Å². The largest absolute Gasteiger partial charge is 0.464 e. The molecule has 2 aromatic heterocycles. The Hall–Kier alpha value is -3.51. The summed E-state index contributed by atoms with van der Waals surface area (Å²) in [5, 5.41) is 23.7. The molecule has 2 N–H and O–H groups in total. The lowest BCUT2D eigenvalue weighted by Gasteiger charge is -2.11. The minimum atomic E-state index is -0.926. The summed E-state index contributed by atoms with van der Waals surface area (Å²) >= 11 is 5.66. The average Bonchev–Trinajstić information content (AvgIpc) is 2.69. The normalized spacial score (nSPS) is 12.3. The molecule has 0 radical (unpaired) electrons. The van der Waals surface area contributed by atoms with Crippen LogP contribution in [0.2, 0.25) is 5.15 Å². The fourth-order valence-corrected chi connectivity index (χ4v) is 1.92. The Labute approximate surface area is 160 Å². The maximum absolute atomic E-state index is 12.1. The number of allylic oxidation sites excluding steroid dienone is 1.